The Kier molecular flexibility index (Phi) is 9.18. The average Bonchev–Trinajstić information content (AvgIpc) is 3.02. The summed E-state index contributed by atoms with van der Waals surface area (Å²) in [6.07, 6.45) is 3.05. The van der Waals surface area contributed by atoms with E-state index in [4.69, 9.17) is 18.9 Å². The zero-order valence-electron chi connectivity index (χ0n) is 22.7. The van der Waals surface area contributed by atoms with Crippen LogP contribution in [0, 0.1) is 0 Å². The lowest BCUT2D eigenvalue weighted by Gasteiger charge is -2.10. The molecule has 4 aromatic rings. The van der Waals surface area contributed by atoms with E-state index in [-0.39, 0.29) is 0 Å². The Balaban J connectivity index is 1.61. The van der Waals surface area contributed by atoms with Crippen LogP contribution in [0.1, 0.15) is 0 Å². The van der Waals surface area contributed by atoms with Crippen molar-refractivity contribution in [2.24, 2.45) is 20.0 Å². The highest BCUT2D eigenvalue weighted by molar-refractivity contribution is 5.77. The zero-order valence-corrected chi connectivity index (χ0v) is 22.7. The molecule has 0 atom stereocenters. The number of aliphatic imine (C=N–C) groups is 4. The Bertz CT molecular complexity index is 1620. The average molecular weight is 549 g/mol. The van der Waals surface area contributed by atoms with Crippen LogP contribution in [0.5, 0.6) is 23.0 Å². The van der Waals surface area contributed by atoms with Crippen LogP contribution in [-0.4, -0.2) is 46.6 Å². The number of benzene rings is 4. The number of carbonyl (C=O) groups excluding carboxylic acids is 2. The minimum absolute atomic E-state index is 0.390. The number of hydrogen-bond donors (Lipinski definition) is 0. The Morgan fingerprint density at radius 3 is 0.951 bits per heavy atom. The van der Waals surface area contributed by atoms with Crippen LogP contribution >= 0.6 is 0 Å². The Morgan fingerprint density at radius 2 is 0.707 bits per heavy atom. The summed E-state index contributed by atoms with van der Waals surface area (Å²) in [6.45, 7) is 0. The number of isocyanates is 2. The van der Waals surface area contributed by atoms with Crippen molar-refractivity contribution < 1.29 is 28.5 Å². The van der Waals surface area contributed by atoms with Crippen LogP contribution in [0.4, 0.5) is 22.7 Å². The van der Waals surface area contributed by atoms with E-state index in [0.717, 1.165) is 22.3 Å². The van der Waals surface area contributed by atoms with Crippen LogP contribution < -0.4 is 18.9 Å². The SMILES string of the molecule is COc1cc(-c2ccc(N=C=Nc3ccc(-c4ccc(N=C=O)c(OC)c4)cc3OC)c(OC)c2)ccc1N=C=O. The molecule has 0 aliphatic heterocycles. The number of ether oxygens (including phenoxy) is 4. The molecule has 0 unspecified atom stereocenters. The second-order valence-corrected chi connectivity index (χ2v) is 8.28. The molecule has 0 N–H and O–H groups in total. The molecule has 204 valence electrons. The molecule has 4 rings (SSSR count). The Morgan fingerprint density at radius 1 is 0.439 bits per heavy atom. The molecule has 0 amide bonds. The molecule has 0 heterocycles. The van der Waals surface area contributed by atoms with Crippen LogP contribution in [-0.2, 0) is 9.59 Å². The molecule has 0 bridgehead atoms. The van der Waals surface area contributed by atoms with Gasteiger partial charge in [-0.15, -0.1) is 0 Å². The summed E-state index contributed by atoms with van der Waals surface area (Å²) in [6, 6.07) is 24.2. The molecular formula is C31H24N4O6. The van der Waals surface area contributed by atoms with Crippen LogP contribution in [0.15, 0.2) is 92.8 Å². The van der Waals surface area contributed by atoms with E-state index in [0.29, 0.717) is 45.7 Å². The maximum atomic E-state index is 10.6. The normalized spacial score (nSPS) is 9.85. The predicted octanol–water partition coefficient (Wildman–Crippen LogP) is 7.13. The quantitative estimate of drug-likeness (QED) is 0.154. The fourth-order valence-electron chi connectivity index (χ4n) is 4.03. The lowest BCUT2D eigenvalue weighted by molar-refractivity contribution is 0.415. The topological polar surface area (TPSA) is 120 Å². The smallest absolute Gasteiger partial charge is 0.240 e. The summed E-state index contributed by atoms with van der Waals surface area (Å²) in [5, 5.41) is 0. The minimum atomic E-state index is 0.390. The third-order valence-corrected chi connectivity index (χ3v) is 6.06. The van der Waals surface area contributed by atoms with Gasteiger partial charge in [0.25, 0.3) is 0 Å². The van der Waals surface area contributed by atoms with Crippen molar-refractivity contribution in [3.63, 3.8) is 0 Å². The summed E-state index contributed by atoms with van der Waals surface area (Å²) < 4.78 is 21.8. The Hall–Kier alpha value is -5.78. The van der Waals surface area contributed by atoms with Crippen molar-refractivity contribution in [3.8, 4) is 45.3 Å². The highest BCUT2D eigenvalue weighted by Gasteiger charge is 2.11. The highest BCUT2D eigenvalue weighted by Crippen LogP contribution is 2.38. The van der Waals surface area contributed by atoms with E-state index < -0.39 is 0 Å². The van der Waals surface area contributed by atoms with Crippen LogP contribution in [0.3, 0.4) is 0 Å². The summed E-state index contributed by atoms with van der Waals surface area (Å²) in [4.78, 5) is 37.3. The second kappa shape index (κ2) is 13.3. The number of rotatable bonds is 10. The van der Waals surface area contributed by atoms with Gasteiger partial charge < -0.3 is 18.9 Å². The van der Waals surface area contributed by atoms with Crippen molar-refractivity contribution in [1.29, 1.82) is 0 Å². The molecule has 10 nitrogen and oxygen atoms in total. The third kappa shape index (κ3) is 6.45. The van der Waals surface area contributed by atoms with Crippen LogP contribution in [0.25, 0.3) is 22.3 Å². The van der Waals surface area contributed by atoms with Gasteiger partial charge in [-0.3, -0.25) is 0 Å². The van der Waals surface area contributed by atoms with Crippen molar-refractivity contribution in [3.05, 3.63) is 72.8 Å². The largest absolute Gasteiger partial charge is 0.494 e. The molecule has 4 aromatic carbocycles. The van der Waals surface area contributed by atoms with E-state index in [1.807, 2.05) is 36.4 Å². The predicted molar refractivity (Wildman–Crippen MR) is 155 cm³/mol. The highest BCUT2D eigenvalue weighted by atomic mass is 16.5. The molecule has 0 saturated carbocycles. The maximum Gasteiger partial charge on any atom is 0.240 e. The lowest BCUT2D eigenvalue weighted by Crippen LogP contribution is -1.88. The summed E-state index contributed by atoms with van der Waals surface area (Å²) >= 11 is 0. The molecule has 41 heavy (non-hydrogen) atoms. The first-order valence-corrected chi connectivity index (χ1v) is 12.1. The van der Waals surface area contributed by atoms with Gasteiger partial charge >= 0.3 is 0 Å². The van der Waals surface area contributed by atoms with Gasteiger partial charge in [0.15, 0.2) is 0 Å². The number of methoxy groups -OCH3 is 4. The molecule has 0 fully saturated rings. The summed E-state index contributed by atoms with van der Waals surface area (Å²) in [7, 11) is 6.10. The molecule has 0 aliphatic carbocycles. The van der Waals surface area contributed by atoms with Gasteiger partial charge in [-0.05, 0) is 70.8 Å². The number of hydrogen-bond acceptors (Lipinski definition) is 10. The molecule has 0 radical (unpaired) electrons. The van der Waals surface area contributed by atoms with Gasteiger partial charge in [-0.2, -0.15) is 20.0 Å². The van der Waals surface area contributed by atoms with E-state index in [1.54, 1.807) is 50.6 Å². The van der Waals surface area contributed by atoms with E-state index in [1.165, 1.54) is 26.4 Å². The van der Waals surface area contributed by atoms with Gasteiger partial charge in [0.05, 0.1) is 28.4 Å². The van der Waals surface area contributed by atoms with Crippen molar-refractivity contribution >= 4 is 40.9 Å². The van der Waals surface area contributed by atoms with Gasteiger partial charge in [-0.25, -0.2) is 9.59 Å². The maximum absolute atomic E-state index is 10.6. The lowest BCUT2D eigenvalue weighted by atomic mass is 10.0. The van der Waals surface area contributed by atoms with E-state index >= 15 is 0 Å². The third-order valence-electron chi connectivity index (χ3n) is 6.06. The van der Waals surface area contributed by atoms with Crippen molar-refractivity contribution in [2.75, 3.05) is 28.4 Å². The first-order chi connectivity index (χ1) is 20.0. The molecular weight excluding hydrogens is 524 g/mol. The van der Waals surface area contributed by atoms with E-state index in [2.05, 4.69) is 26.0 Å². The molecule has 0 saturated heterocycles. The standard InChI is InChI=1S/C31H24N4O6/c1-38-28-13-20(22-7-11-26(34-18-36)30(15-22)40-3)5-9-24(28)32-17-33-25-10-6-21(14-29(25)39-2)23-8-12-27(35-19-37)31(16-23)41-4/h5-16H,1-4H3. The van der Waals surface area contributed by atoms with E-state index in [9.17, 15) is 9.59 Å². The second-order valence-electron chi connectivity index (χ2n) is 8.28. The minimum Gasteiger partial charge on any atom is -0.494 e. The van der Waals surface area contributed by atoms with Gasteiger partial charge in [0.1, 0.15) is 51.8 Å². The first-order valence-electron chi connectivity index (χ1n) is 12.1. The summed E-state index contributed by atoms with van der Waals surface area (Å²) in [5.74, 6) is 1.92. The van der Waals surface area contributed by atoms with Crippen molar-refractivity contribution in [2.45, 2.75) is 0 Å². The molecule has 0 aliphatic rings. The molecule has 10 heteroatoms. The van der Waals surface area contributed by atoms with Gasteiger partial charge in [0, 0.05) is 0 Å². The summed E-state index contributed by atoms with van der Waals surface area (Å²) in [5.41, 5.74) is 5.19. The zero-order chi connectivity index (χ0) is 29.2. The fraction of sp³-hybridized carbons (Fsp3) is 0.129. The molecule has 0 spiro atoms. The van der Waals surface area contributed by atoms with Crippen LogP contribution in [0.2, 0.25) is 0 Å². The molecule has 0 aromatic heterocycles. The fourth-order valence-corrected chi connectivity index (χ4v) is 4.03. The van der Waals surface area contributed by atoms with Gasteiger partial charge in [-0.1, -0.05) is 24.3 Å². The monoisotopic (exact) mass is 548 g/mol. The van der Waals surface area contributed by atoms with Gasteiger partial charge in [0.2, 0.25) is 12.2 Å². The van der Waals surface area contributed by atoms with Crippen molar-refractivity contribution in [1.82, 2.24) is 0 Å². The Labute approximate surface area is 236 Å². The first kappa shape index (κ1) is 28.2. The number of nitrogens with zero attached hydrogens (tertiary/aromatic N) is 4.